The Morgan fingerprint density at radius 3 is 3.00 bits per heavy atom. The van der Waals surface area contributed by atoms with Gasteiger partial charge in [0.1, 0.15) is 5.03 Å². The van der Waals surface area contributed by atoms with E-state index in [1.165, 1.54) is 25.7 Å². The van der Waals surface area contributed by atoms with Crippen LogP contribution in [-0.2, 0) is 0 Å². The van der Waals surface area contributed by atoms with Gasteiger partial charge in [0, 0.05) is 30.7 Å². The van der Waals surface area contributed by atoms with Gasteiger partial charge in [0.05, 0.1) is 6.20 Å². The van der Waals surface area contributed by atoms with E-state index in [0.29, 0.717) is 0 Å². The first-order chi connectivity index (χ1) is 8.36. The van der Waals surface area contributed by atoms with Gasteiger partial charge in [-0.15, -0.1) is 11.8 Å². The molecule has 2 atom stereocenters. The first-order valence-electron chi connectivity index (χ1n) is 6.48. The summed E-state index contributed by atoms with van der Waals surface area (Å²) >= 11 is 1.77. The average molecular weight is 251 g/mol. The van der Waals surface area contributed by atoms with E-state index in [1.807, 2.05) is 6.20 Å². The lowest BCUT2D eigenvalue weighted by molar-refractivity contribution is 0.285. The molecule has 0 bridgehead atoms. The molecule has 0 amide bonds. The highest BCUT2D eigenvalue weighted by Gasteiger charge is 2.19. The lowest BCUT2D eigenvalue weighted by Crippen LogP contribution is -2.38. The largest absolute Gasteiger partial charge is 0.313 e. The lowest BCUT2D eigenvalue weighted by atomic mass is 9.86. The Hall–Kier alpha value is -0.610. The SMILES string of the molecule is CC1CCCCC1NCCSc1cnccn1. The molecule has 0 radical (unpaired) electrons. The Balaban J connectivity index is 1.63. The second-order valence-electron chi connectivity index (χ2n) is 4.71. The van der Waals surface area contributed by atoms with Gasteiger partial charge in [0.15, 0.2) is 0 Å². The Labute approximate surface area is 108 Å². The highest BCUT2D eigenvalue weighted by molar-refractivity contribution is 7.99. The van der Waals surface area contributed by atoms with E-state index >= 15 is 0 Å². The van der Waals surface area contributed by atoms with Crippen molar-refractivity contribution in [3.8, 4) is 0 Å². The van der Waals surface area contributed by atoms with Crippen molar-refractivity contribution < 1.29 is 0 Å². The van der Waals surface area contributed by atoms with Crippen molar-refractivity contribution in [2.24, 2.45) is 5.92 Å². The molecule has 0 spiro atoms. The van der Waals surface area contributed by atoms with Crippen molar-refractivity contribution in [1.82, 2.24) is 15.3 Å². The fourth-order valence-electron chi connectivity index (χ4n) is 2.38. The van der Waals surface area contributed by atoms with Gasteiger partial charge in [-0.3, -0.25) is 4.98 Å². The minimum Gasteiger partial charge on any atom is -0.313 e. The molecule has 17 heavy (non-hydrogen) atoms. The summed E-state index contributed by atoms with van der Waals surface area (Å²) in [6, 6.07) is 0.728. The number of nitrogens with one attached hydrogen (secondary N) is 1. The number of rotatable bonds is 5. The quantitative estimate of drug-likeness (QED) is 0.645. The van der Waals surface area contributed by atoms with Crippen molar-refractivity contribution in [1.29, 1.82) is 0 Å². The summed E-state index contributed by atoms with van der Waals surface area (Å²) in [5.41, 5.74) is 0. The molecule has 1 aliphatic carbocycles. The maximum absolute atomic E-state index is 4.25. The summed E-state index contributed by atoms with van der Waals surface area (Å²) in [5, 5.41) is 4.69. The molecular formula is C13H21N3S. The van der Waals surface area contributed by atoms with Crippen molar-refractivity contribution in [2.75, 3.05) is 12.3 Å². The predicted octanol–water partition coefficient (Wildman–Crippen LogP) is 2.74. The summed E-state index contributed by atoms with van der Waals surface area (Å²) < 4.78 is 0. The molecule has 0 aliphatic heterocycles. The highest BCUT2D eigenvalue weighted by Crippen LogP contribution is 2.23. The van der Waals surface area contributed by atoms with Gasteiger partial charge in [-0.05, 0) is 18.8 Å². The first kappa shape index (κ1) is 12.8. The summed E-state index contributed by atoms with van der Waals surface area (Å²) in [5.74, 6) is 1.91. The van der Waals surface area contributed by atoms with Crippen LogP contribution in [0.2, 0.25) is 0 Å². The minimum atomic E-state index is 0.728. The lowest BCUT2D eigenvalue weighted by Gasteiger charge is -2.29. The summed E-state index contributed by atoms with van der Waals surface area (Å²) in [6.07, 6.45) is 10.8. The van der Waals surface area contributed by atoms with Crippen LogP contribution in [0.25, 0.3) is 0 Å². The van der Waals surface area contributed by atoms with Crippen LogP contribution < -0.4 is 5.32 Å². The Morgan fingerprint density at radius 2 is 2.24 bits per heavy atom. The van der Waals surface area contributed by atoms with Crippen LogP contribution in [0, 0.1) is 5.92 Å². The maximum atomic E-state index is 4.25. The number of aromatic nitrogens is 2. The Bertz CT molecular complexity index is 318. The van der Waals surface area contributed by atoms with Gasteiger partial charge < -0.3 is 5.32 Å². The smallest absolute Gasteiger partial charge is 0.114 e. The van der Waals surface area contributed by atoms with Gasteiger partial charge >= 0.3 is 0 Å². The van der Waals surface area contributed by atoms with Crippen LogP contribution in [0.1, 0.15) is 32.6 Å². The Morgan fingerprint density at radius 1 is 1.35 bits per heavy atom. The molecule has 94 valence electrons. The number of hydrogen-bond acceptors (Lipinski definition) is 4. The van der Waals surface area contributed by atoms with E-state index in [9.17, 15) is 0 Å². The van der Waals surface area contributed by atoms with Gasteiger partial charge in [-0.25, -0.2) is 4.98 Å². The average Bonchev–Trinajstić information content (AvgIpc) is 2.38. The molecule has 1 aromatic heterocycles. The zero-order chi connectivity index (χ0) is 11.9. The third-order valence-corrected chi connectivity index (χ3v) is 4.32. The third-order valence-electron chi connectivity index (χ3n) is 3.41. The van der Waals surface area contributed by atoms with Gasteiger partial charge in [-0.1, -0.05) is 19.8 Å². The van der Waals surface area contributed by atoms with Crippen LogP contribution in [0.4, 0.5) is 0 Å². The number of hydrogen-bond donors (Lipinski definition) is 1. The van der Waals surface area contributed by atoms with Crippen LogP contribution in [-0.4, -0.2) is 28.3 Å². The molecule has 1 aromatic rings. The monoisotopic (exact) mass is 251 g/mol. The van der Waals surface area contributed by atoms with Gasteiger partial charge in [-0.2, -0.15) is 0 Å². The molecule has 1 saturated carbocycles. The fraction of sp³-hybridized carbons (Fsp3) is 0.692. The van der Waals surface area contributed by atoms with E-state index in [2.05, 4.69) is 22.2 Å². The maximum Gasteiger partial charge on any atom is 0.114 e. The second-order valence-corrected chi connectivity index (χ2v) is 5.83. The number of thioether (sulfide) groups is 1. The van der Waals surface area contributed by atoms with Gasteiger partial charge in [0.25, 0.3) is 0 Å². The molecule has 1 fully saturated rings. The summed E-state index contributed by atoms with van der Waals surface area (Å²) in [6.45, 7) is 3.43. The fourth-order valence-corrected chi connectivity index (χ4v) is 3.08. The van der Waals surface area contributed by atoms with E-state index in [-0.39, 0.29) is 0 Å². The third kappa shape index (κ3) is 4.28. The van der Waals surface area contributed by atoms with E-state index in [1.54, 1.807) is 24.2 Å². The van der Waals surface area contributed by atoms with Crippen LogP contribution in [0.3, 0.4) is 0 Å². The second kappa shape index (κ2) is 6.97. The molecule has 2 rings (SSSR count). The zero-order valence-corrected chi connectivity index (χ0v) is 11.2. The molecule has 1 aliphatic rings. The predicted molar refractivity (Wildman–Crippen MR) is 72.2 cm³/mol. The van der Waals surface area contributed by atoms with Crippen molar-refractivity contribution in [3.05, 3.63) is 18.6 Å². The summed E-state index contributed by atoms with van der Waals surface area (Å²) in [4.78, 5) is 8.31. The van der Waals surface area contributed by atoms with Crippen LogP contribution in [0.15, 0.2) is 23.6 Å². The molecule has 0 saturated heterocycles. The van der Waals surface area contributed by atoms with E-state index < -0.39 is 0 Å². The van der Waals surface area contributed by atoms with E-state index in [0.717, 1.165) is 29.3 Å². The molecule has 1 heterocycles. The molecule has 0 aromatic carbocycles. The normalized spacial score (nSPS) is 24.8. The van der Waals surface area contributed by atoms with Crippen LogP contribution in [0.5, 0.6) is 0 Å². The van der Waals surface area contributed by atoms with Crippen LogP contribution >= 0.6 is 11.8 Å². The van der Waals surface area contributed by atoms with Crippen molar-refractivity contribution in [2.45, 2.75) is 43.7 Å². The summed E-state index contributed by atoms with van der Waals surface area (Å²) in [7, 11) is 0. The molecule has 3 nitrogen and oxygen atoms in total. The molecule has 2 unspecified atom stereocenters. The minimum absolute atomic E-state index is 0.728. The zero-order valence-electron chi connectivity index (χ0n) is 10.4. The van der Waals surface area contributed by atoms with Crippen molar-refractivity contribution in [3.63, 3.8) is 0 Å². The molecule has 1 N–H and O–H groups in total. The standard InChI is InChI=1S/C13H21N3S/c1-11-4-2-3-5-12(11)15-8-9-17-13-10-14-6-7-16-13/h6-7,10-12,15H,2-5,8-9H2,1H3. The van der Waals surface area contributed by atoms with E-state index in [4.69, 9.17) is 0 Å². The van der Waals surface area contributed by atoms with Gasteiger partial charge in [0.2, 0.25) is 0 Å². The molecular weight excluding hydrogens is 230 g/mol. The topological polar surface area (TPSA) is 37.8 Å². The van der Waals surface area contributed by atoms with Crippen molar-refractivity contribution >= 4 is 11.8 Å². The number of nitrogens with zero attached hydrogens (tertiary/aromatic N) is 2. The highest BCUT2D eigenvalue weighted by atomic mass is 32.2. The molecule has 4 heteroatoms. The Kier molecular flexibility index (Phi) is 5.26. The first-order valence-corrected chi connectivity index (χ1v) is 7.47.